The molecule has 0 radical (unpaired) electrons. The Balaban J connectivity index is 1.60. The Bertz CT molecular complexity index is 1790. The number of nitrogens with zero attached hydrogens (tertiary/aromatic N) is 4. The van der Waals surface area contributed by atoms with Crippen LogP contribution in [-0.2, 0) is 40.9 Å². The number of sulfonamides is 2. The third-order valence-electron chi connectivity index (χ3n) is 6.28. The molecule has 2 heterocycles. The van der Waals surface area contributed by atoms with Crippen molar-refractivity contribution in [2.45, 2.75) is 30.2 Å². The van der Waals surface area contributed by atoms with Crippen LogP contribution in [0.4, 0.5) is 4.79 Å². The Morgan fingerprint density at radius 2 is 1.52 bits per heavy atom. The Labute approximate surface area is 246 Å². The average molecular weight is 640 g/mol. The zero-order valence-corrected chi connectivity index (χ0v) is 25.2. The van der Waals surface area contributed by atoms with Crippen LogP contribution in [0, 0.1) is 0 Å². The molecule has 226 valence electrons. The predicted octanol–water partition coefficient (Wildman–Crippen LogP) is 1.12. The van der Waals surface area contributed by atoms with Crippen LogP contribution < -0.4 is 9.94 Å². The summed E-state index contributed by atoms with van der Waals surface area (Å²) in [5, 5.41) is 5.24. The number of carbonyl (C=O) groups is 3. The lowest BCUT2D eigenvalue weighted by Crippen LogP contribution is -2.50. The number of benzene rings is 2. The van der Waals surface area contributed by atoms with E-state index in [1.807, 2.05) is 0 Å². The van der Waals surface area contributed by atoms with Crippen molar-refractivity contribution in [2.75, 3.05) is 39.4 Å². The summed E-state index contributed by atoms with van der Waals surface area (Å²) in [7, 11) is -7.88. The molecule has 0 atom stereocenters. The van der Waals surface area contributed by atoms with Gasteiger partial charge in [-0.05, 0) is 56.3 Å². The van der Waals surface area contributed by atoms with Crippen LogP contribution in [0.15, 0.2) is 57.2 Å². The van der Waals surface area contributed by atoms with Gasteiger partial charge >= 0.3 is 12.1 Å². The number of thiazole rings is 1. The summed E-state index contributed by atoms with van der Waals surface area (Å²) in [5.74, 6) is -1.29. The number of ether oxygens (including phenoxy) is 2. The van der Waals surface area contributed by atoms with E-state index in [2.05, 4.69) is 4.99 Å². The molecule has 0 unspecified atom stereocenters. The van der Waals surface area contributed by atoms with Crippen LogP contribution in [0.5, 0.6) is 0 Å². The molecule has 0 aliphatic carbocycles. The van der Waals surface area contributed by atoms with Gasteiger partial charge in [-0.3, -0.25) is 9.59 Å². The molecule has 3 aromatic rings. The van der Waals surface area contributed by atoms with E-state index in [1.54, 1.807) is 13.8 Å². The number of piperazine rings is 1. The van der Waals surface area contributed by atoms with E-state index in [0.717, 1.165) is 11.3 Å². The highest BCUT2D eigenvalue weighted by Gasteiger charge is 2.30. The molecular weight excluding hydrogens is 611 g/mol. The molecule has 0 saturated carbocycles. The number of esters is 1. The first kappa shape index (κ1) is 31.3. The molecule has 2 aromatic carbocycles. The molecule has 17 heteroatoms. The van der Waals surface area contributed by atoms with Crippen molar-refractivity contribution in [1.82, 2.24) is 13.8 Å². The lowest BCUT2D eigenvalue weighted by Gasteiger charge is -2.33. The fourth-order valence-electron chi connectivity index (χ4n) is 4.20. The van der Waals surface area contributed by atoms with Crippen molar-refractivity contribution < 1.29 is 40.7 Å². The quantitative estimate of drug-likeness (QED) is 0.352. The number of aromatic nitrogens is 1. The summed E-state index contributed by atoms with van der Waals surface area (Å²) in [4.78, 5) is 42.8. The van der Waals surface area contributed by atoms with E-state index in [0.29, 0.717) is 10.2 Å². The summed E-state index contributed by atoms with van der Waals surface area (Å²) in [6, 6.07) is 9.32. The van der Waals surface area contributed by atoms with Gasteiger partial charge in [-0.2, -0.15) is 9.30 Å². The molecule has 14 nitrogen and oxygen atoms in total. The van der Waals surface area contributed by atoms with E-state index in [9.17, 15) is 31.2 Å². The number of amides is 2. The smallest absolute Gasteiger partial charge is 0.409 e. The van der Waals surface area contributed by atoms with E-state index in [-0.39, 0.29) is 66.1 Å². The van der Waals surface area contributed by atoms with Crippen LogP contribution in [-0.4, -0.2) is 88.0 Å². The molecule has 1 aliphatic heterocycles. The molecule has 2 N–H and O–H groups in total. The lowest BCUT2D eigenvalue weighted by molar-refractivity contribution is -0.143. The first-order valence-electron chi connectivity index (χ1n) is 12.8. The molecule has 0 bridgehead atoms. The molecule has 1 saturated heterocycles. The molecule has 1 aromatic heterocycles. The number of hydrogen-bond acceptors (Lipinski definition) is 10. The van der Waals surface area contributed by atoms with Crippen molar-refractivity contribution in [1.29, 1.82) is 0 Å². The van der Waals surface area contributed by atoms with Crippen molar-refractivity contribution in [3.8, 4) is 0 Å². The number of primary sulfonamides is 1. The Kier molecular flexibility index (Phi) is 9.47. The minimum Gasteiger partial charge on any atom is -0.465 e. The second-order valence-corrected chi connectivity index (χ2v) is 13.5. The average Bonchev–Trinajstić information content (AvgIpc) is 3.28. The normalized spacial score (nSPS) is 15.1. The summed E-state index contributed by atoms with van der Waals surface area (Å²) >= 11 is 0.977. The third kappa shape index (κ3) is 6.87. The topological polar surface area (TPSA) is 188 Å². The standard InChI is InChI=1S/C25H29N5O9S3/c1-3-38-22(31)16-30-20-10-9-19(41(26,34)35)15-21(20)40-24(30)27-23(32)17-5-7-18(8-6-17)42(36,37)29-13-11-28(12-14-29)25(33)39-4-2/h5-10,15H,3-4,11-14,16H2,1-2H3,(H2,26,34,35). The van der Waals surface area contributed by atoms with Crippen LogP contribution in [0.3, 0.4) is 0 Å². The zero-order valence-electron chi connectivity index (χ0n) is 22.8. The van der Waals surface area contributed by atoms with Gasteiger partial charge in [0.25, 0.3) is 5.91 Å². The van der Waals surface area contributed by atoms with Crippen molar-refractivity contribution >= 4 is 59.6 Å². The minimum atomic E-state index is -4.00. The van der Waals surface area contributed by atoms with Gasteiger partial charge < -0.3 is 18.9 Å². The highest BCUT2D eigenvalue weighted by atomic mass is 32.2. The number of hydrogen-bond donors (Lipinski definition) is 1. The van der Waals surface area contributed by atoms with Gasteiger partial charge in [-0.1, -0.05) is 11.3 Å². The summed E-state index contributed by atoms with van der Waals surface area (Å²) in [6.45, 7) is 3.98. The van der Waals surface area contributed by atoms with Crippen LogP contribution >= 0.6 is 11.3 Å². The maximum absolute atomic E-state index is 13.1. The van der Waals surface area contributed by atoms with Gasteiger partial charge in [-0.15, -0.1) is 0 Å². The minimum absolute atomic E-state index is 0.0293. The molecule has 2 amide bonds. The van der Waals surface area contributed by atoms with Gasteiger partial charge in [-0.25, -0.2) is 26.8 Å². The first-order valence-corrected chi connectivity index (χ1v) is 16.6. The van der Waals surface area contributed by atoms with Crippen molar-refractivity contribution in [3.63, 3.8) is 0 Å². The van der Waals surface area contributed by atoms with Crippen molar-refractivity contribution in [3.05, 3.63) is 52.8 Å². The SMILES string of the molecule is CCOC(=O)Cn1c(=NC(=O)c2ccc(S(=O)(=O)N3CCN(C(=O)OCC)CC3)cc2)sc2cc(S(N)(=O)=O)ccc21. The van der Waals surface area contributed by atoms with Gasteiger partial charge in [0.15, 0.2) is 4.80 Å². The maximum Gasteiger partial charge on any atom is 0.409 e. The maximum atomic E-state index is 13.1. The second kappa shape index (κ2) is 12.7. The van der Waals surface area contributed by atoms with Crippen molar-refractivity contribution in [2.24, 2.45) is 10.1 Å². The third-order valence-corrected chi connectivity index (χ3v) is 10.1. The van der Waals surface area contributed by atoms with Crippen LogP contribution in [0.25, 0.3) is 10.2 Å². The summed E-state index contributed by atoms with van der Waals surface area (Å²) in [6.07, 6.45) is -0.492. The predicted molar refractivity (Wildman–Crippen MR) is 152 cm³/mol. The number of fused-ring (bicyclic) bond motifs is 1. The molecular formula is C25H29N5O9S3. The second-order valence-electron chi connectivity index (χ2n) is 8.98. The highest BCUT2D eigenvalue weighted by molar-refractivity contribution is 7.89. The largest absolute Gasteiger partial charge is 0.465 e. The zero-order chi connectivity index (χ0) is 30.7. The van der Waals surface area contributed by atoms with E-state index in [4.69, 9.17) is 14.6 Å². The van der Waals surface area contributed by atoms with Gasteiger partial charge in [0.05, 0.1) is 33.2 Å². The molecule has 4 rings (SSSR count). The van der Waals surface area contributed by atoms with E-state index >= 15 is 0 Å². The fourth-order valence-corrected chi connectivity index (χ4v) is 7.30. The lowest BCUT2D eigenvalue weighted by atomic mass is 10.2. The molecule has 1 fully saturated rings. The highest BCUT2D eigenvalue weighted by Crippen LogP contribution is 2.22. The van der Waals surface area contributed by atoms with Gasteiger partial charge in [0.2, 0.25) is 20.0 Å². The number of carbonyl (C=O) groups excluding carboxylic acids is 3. The summed E-state index contributed by atoms with van der Waals surface area (Å²) in [5.41, 5.74) is 0.531. The van der Waals surface area contributed by atoms with E-state index < -0.39 is 38.0 Å². The van der Waals surface area contributed by atoms with Crippen LogP contribution in [0.1, 0.15) is 24.2 Å². The van der Waals surface area contributed by atoms with Gasteiger partial charge in [0, 0.05) is 31.7 Å². The fraction of sp³-hybridized carbons (Fsp3) is 0.360. The first-order chi connectivity index (χ1) is 19.8. The number of rotatable bonds is 8. The Hall–Kier alpha value is -3.64. The molecule has 42 heavy (non-hydrogen) atoms. The molecule has 0 spiro atoms. The Morgan fingerprint density at radius 3 is 2.12 bits per heavy atom. The van der Waals surface area contributed by atoms with Crippen LogP contribution in [0.2, 0.25) is 0 Å². The van der Waals surface area contributed by atoms with E-state index in [1.165, 1.54) is 56.2 Å². The summed E-state index contributed by atoms with van der Waals surface area (Å²) < 4.78 is 63.0. The number of nitrogens with two attached hydrogens (primary N) is 1. The molecule has 1 aliphatic rings. The van der Waals surface area contributed by atoms with Gasteiger partial charge in [0.1, 0.15) is 6.54 Å². The monoisotopic (exact) mass is 639 g/mol. The Morgan fingerprint density at radius 1 is 0.905 bits per heavy atom.